The molecule has 6 heterocycles. The van der Waals surface area contributed by atoms with E-state index in [2.05, 4.69) is 53.6 Å². The van der Waals surface area contributed by atoms with Gasteiger partial charge in [-0.3, -0.25) is 9.97 Å². The third kappa shape index (κ3) is 4.38. The lowest BCUT2D eigenvalue weighted by Gasteiger charge is -2.48. The van der Waals surface area contributed by atoms with Gasteiger partial charge in [0.1, 0.15) is 21.2 Å². The molecule has 0 saturated carbocycles. The fourth-order valence-corrected chi connectivity index (χ4v) is 6.86. The van der Waals surface area contributed by atoms with Crippen LogP contribution in [-0.2, 0) is 9.84 Å². The molecule has 1 saturated heterocycles. The Morgan fingerprint density at radius 3 is 2.62 bits per heavy atom. The largest absolute Gasteiger partial charge is 0.496 e. The van der Waals surface area contributed by atoms with E-state index < -0.39 is 9.84 Å². The van der Waals surface area contributed by atoms with Gasteiger partial charge in [-0.2, -0.15) is 5.10 Å². The molecule has 0 aliphatic carbocycles. The monoisotopic (exact) mass is 559 g/mol. The van der Waals surface area contributed by atoms with Crippen molar-refractivity contribution in [2.45, 2.75) is 39.8 Å². The van der Waals surface area contributed by atoms with E-state index >= 15 is 0 Å². The first kappa shape index (κ1) is 26.2. The van der Waals surface area contributed by atoms with Gasteiger partial charge in [-0.15, -0.1) is 0 Å². The van der Waals surface area contributed by atoms with E-state index in [1.165, 1.54) is 6.26 Å². The molecular formula is C29H33N7O3S. The fourth-order valence-electron chi connectivity index (χ4n) is 5.70. The van der Waals surface area contributed by atoms with Gasteiger partial charge >= 0.3 is 0 Å². The minimum absolute atomic E-state index is 0.0843. The molecule has 0 amide bonds. The Labute approximate surface area is 233 Å². The minimum atomic E-state index is -3.05. The Morgan fingerprint density at radius 2 is 1.93 bits per heavy atom. The van der Waals surface area contributed by atoms with Crippen LogP contribution >= 0.6 is 0 Å². The zero-order valence-electron chi connectivity index (χ0n) is 23.5. The summed E-state index contributed by atoms with van der Waals surface area (Å²) in [5.41, 5.74) is 5.15. The molecule has 0 spiro atoms. The minimum Gasteiger partial charge on any atom is -0.496 e. The molecule has 10 nitrogen and oxygen atoms in total. The van der Waals surface area contributed by atoms with Gasteiger partial charge in [-0.25, -0.2) is 18.1 Å². The molecule has 0 aromatic carbocycles. The zero-order valence-corrected chi connectivity index (χ0v) is 24.3. The number of aromatic nitrogens is 6. The van der Waals surface area contributed by atoms with Crippen LogP contribution in [0.15, 0.2) is 49.1 Å². The highest BCUT2D eigenvalue weighted by atomic mass is 32.2. The van der Waals surface area contributed by atoms with Crippen molar-refractivity contribution in [1.82, 2.24) is 29.3 Å². The number of fused-ring (bicyclic) bond motifs is 2. The molecular weight excluding hydrogens is 526 g/mol. The van der Waals surface area contributed by atoms with Gasteiger partial charge in [0.15, 0.2) is 5.82 Å². The molecule has 208 valence electrons. The zero-order chi connectivity index (χ0) is 28.3. The van der Waals surface area contributed by atoms with E-state index in [-0.39, 0.29) is 23.8 Å². The lowest BCUT2D eigenvalue weighted by atomic mass is 9.90. The van der Waals surface area contributed by atoms with Crippen molar-refractivity contribution in [3.05, 3.63) is 54.7 Å². The first-order valence-electron chi connectivity index (χ1n) is 13.4. The molecule has 1 fully saturated rings. The summed E-state index contributed by atoms with van der Waals surface area (Å²) in [5.74, 6) is 1.66. The summed E-state index contributed by atoms with van der Waals surface area (Å²) in [6.45, 7) is 9.00. The molecule has 0 N–H and O–H groups in total. The number of methoxy groups -OCH3 is 1. The van der Waals surface area contributed by atoms with Gasteiger partial charge in [0.2, 0.25) is 0 Å². The number of rotatable bonds is 7. The average Bonchev–Trinajstić information content (AvgIpc) is 3.54. The number of anilines is 1. The predicted molar refractivity (Wildman–Crippen MR) is 157 cm³/mol. The predicted octanol–water partition coefficient (Wildman–Crippen LogP) is 4.60. The van der Waals surface area contributed by atoms with Crippen LogP contribution in [0.5, 0.6) is 5.75 Å². The lowest BCUT2D eigenvalue weighted by molar-refractivity contribution is 0.342. The van der Waals surface area contributed by atoms with E-state index in [0.29, 0.717) is 18.1 Å². The van der Waals surface area contributed by atoms with Gasteiger partial charge in [0.05, 0.1) is 41.5 Å². The number of hydrogen-bond acceptors (Lipinski definition) is 8. The molecule has 1 aliphatic rings. The summed E-state index contributed by atoms with van der Waals surface area (Å²) >= 11 is 0. The highest BCUT2D eigenvalue weighted by Crippen LogP contribution is 2.39. The number of aryl methyl sites for hydroxylation is 1. The summed E-state index contributed by atoms with van der Waals surface area (Å²) in [7, 11) is -1.42. The maximum absolute atomic E-state index is 12.0. The number of pyridine rings is 3. The Kier molecular flexibility index (Phi) is 6.29. The van der Waals surface area contributed by atoms with Crippen molar-refractivity contribution >= 4 is 37.5 Å². The lowest BCUT2D eigenvalue weighted by Crippen LogP contribution is -2.57. The Morgan fingerprint density at radius 1 is 1.12 bits per heavy atom. The first-order valence-corrected chi connectivity index (χ1v) is 15.4. The molecule has 5 aromatic rings. The van der Waals surface area contributed by atoms with Crippen molar-refractivity contribution in [3.63, 3.8) is 0 Å². The molecule has 5 aromatic heterocycles. The number of ether oxygens (including phenoxy) is 1. The smallest absolute Gasteiger partial charge is 0.158 e. The standard InChI is InChI=1S/C29H33N7O3S/c1-17(2)34-10-8-21-25(35-15-20(19(35)4)16-40(6,37)38)12-28(33-29(21)34)36-26-11-24(32-18(3)22(26)14-31-36)23-13-30-9-7-27(23)39-5/h7-14,17,19-20H,15-16H2,1-6H3/t19-,20-/m1/s1. The van der Waals surface area contributed by atoms with Crippen LogP contribution in [0.3, 0.4) is 0 Å². The van der Waals surface area contributed by atoms with Crippen LogP contribution in [0, 0.1) is 12.8 Å². The van der Waals surface area contributed by atoms with Crippen LogP contribution in [0.1, 0.15) is 32.5 Å². The van der Waals surface area contributed by atoms with Crippen LogP contribution in [0.2, 0.25) is 0 Å². The topological polar surface area (TPSA) is 108 Å². The summed E-state index contributed by atoms with van der Waals surface area (Å²) in [6.07, 6.45) is 8.64. The Balaban J connectivity index is 1.52. The van der Waals surface area contributed by atoms with E-state index in [1.54, 1.807) is 19.5 Å². The van der Waals surface area contributed by atoms with Crippen LogP contribution in [-0.4, -0.2) is 69.4 Å². The molecule has 11 heteroatoms. The summed E-state index contributed by atoms with van der Waals surface area (Å²) in [4.78, 5) is 16.5. The SMILES string of the molecule is COc1ccncc1-c1cc2c(cnn2-c2cc(N3C[C@H](CS(C)(=O)=O)[C@H]3C)c3ccn(C(C)C)c3n2)c(C)n1. The third-order valence-electron chi connectivity index (χ3n) is 7.89. The van der Waals surface area contributed by atoms with Crippen molar-refractivity contribution in [2.75, 3.05) is 30.6 Å². The van der Waals surface area contributed by atoms with Crippen LogP contribution < -0.4 is 9.64 Å². The number of nitrogens with zero attached hydrogens (tertiary/aromatic N) is 7. The van der Waals surface area contributed by atoms with E-state index in [9.17, 15) is 8.42 Å². The van der Waals surface area contributed by atoms with E-state index in [1.807, 2.05) is 29.9 Å². The normalized spacial score (nSPS) is 17.6. The molecule has 6 rings (SSSR count). The first-order chi connectivity index (χ1) is 19.1. The van der Waals surface area contributed by atoms with E-state index in [0.717, 1.165) is 44.6 Å². The molecule has 0 radical (unpaired) electrons. The summed E-state index contributed by atoms with van der Waals surface area (Å²) < 4.78 is 33.6. The molecule has 40 heavy (non-hydrogen) atoms. The second-order valence-electron chi connectivity index (χ2n) is 11.0. The van der Waals surface area contributed by atoms with Gasteiger partial charge in [-0.1, -0.05) is 0 Å². The average molecular weight is 560 g/mol. The van der Waals surface area contributed by atoms with Crippen molar-refractivity contribution < 1.29 is 13.2 Å². The van der Waals surface area contributed by atoms with Crippen molar-refractivity contribution in [1.29, 1.82) is 0 Å². The number of sulfone groups is 1. The maximum Gasteiger partial charge on any atom is 0.158 e. The highest BCUT2D eigenvalue weighted by Gasteiger charge is 2.38. The Hall–Kier alpha value is -3.99. The molecule has 1 aliphatic heterocycles. The van der Waals surface area contributed by atoms with Crippen LogP contribution in [0.4, 0.5) is 5.69 Å². The highest BCUT2D eigenvalue weighted by molar-refractivity contribution is 7.90. The second-order valence-corrected chi connectivity index (χ2v) is 13.1. The summed E-state index contributed by atoms with van der Waals surface area (Å²) in [5, 5.41) is 6.73. The maximum atomic E-state index is 12.0. The molecule has 2 atom stereocenters. The molecule has 0 bridgehead atoms. The fraction of sp³-hybridized carbons (Fsp3) is 0.379. The van der Waals surface area contributed by atoms with Crippen LogP contribution in [0.25, 0.3) is 39.0 Å². The Bertz CT molecular complexity index is 1860. The van der Waals surface area contributed by atoms with Crippen molar-refractivity contribution in [2.24, 2.45) is 5.92 Å². The van der Waals surface area contributed by atoms with Gasteiger partial charge in [-0.05, 0) is 45.9 Å². The van der Waals surface area contributed by atoms with E-state index in [4.69, 9.17) is 19.8 Å². The quantitative estimate of drug-likeness (QED) is 0.285. The van der Waals surface area contributed by atoms with Crippen molar-refractivity contribution in [3.8, 4) is 22.8 Å². The third-order valence-corrected chi connectivity index (χ3v) is 8.92. The van der Waals surface area contributed by atoms with Gasteiger partial charge in [0.25, 0.3) is 0 Å². The number of hydrogen-bond donors (Lipinski definition) is 0. The second kappa shape index (κ2) is 9.58. The van der Waals surface area contributed by atoms with Gasteiger partial charge in [0, 0.05) is 71.9 Å². The van der Waals surface area contributed by atoms with Gasteiger partial charge < -0.3 is 14.2 Å². The molecule has 0 unspecified atom stereocenters. The summed E-state index contributed by atoms with van der Waals surface area (Å²) in [6, 6.07) is 8.27.